The average molecular weight is 274 g/mol. The summed E-state index contributed by atoms with van der Waals surface area (Å²) in [5.41, 5.74) is 0.954. The molecular formula is C15H18N2O3. The van der Waals surface area contributed by atoms with Crippen molar-refractivity contribution in [2.24, 2.45) is 0 Å². The first kappa shape index (κ1) is 14.0. The van der Waals surface area contributed by atoms with Gasteiger partial charge in [-0.15, -0.1) is 0 Å². The molecule has 2 N–H and O–H groups in total. The molecule has 5 nitrogen and oxygen atoms in total. The third-order valence-corrected chi connectivity index (χ3v) is 2.86. The van der Waals surface area contributed by atoms with Crippen LogP contribution in [-0.2, 0) is 11.3 Å². The third-order valence-electron chi connectivity index (χ3n) is 2.86. The Morgan fingerprint density at radius 1 is 1.25 bits per heavy atom. The van der Waals surface area contributed by atoms with E-state index >= 15 is 0 Å². The van der Waals surface area contributed by atoms with Gasteiger partial charge >= 0.3 is 0 Å². The number of carbonyl (C=O) groups excluding carboxylic acids is 1. The van der Waals surface area contributed by atoms with Crippen LogP contribution in [0.25, 0.3) is 0 Å². The topological polar surface area (TPSA) is 63.4 Å². The number of ether oxygens (including phenoxy) is 2. The molecule has 0 saturated heterocycles. The molecule has 1 amide bonds. The SMILES string of the molecule is COc1ccc(O[C@@H](C)C(=O)NCc2ccc[nH]2)cc1. The van der Waals surface area contributed by atoms with E-state index in [0.29, 0.717) is 12.3 Å². The Bertz CT molecular complexity index is 535. The third kappa shape index (κ3) is 3.78. The summed E-state index contributed by atoms with van der Waals surface area (Å²) in [6.45, 7) is 2.18. The largest absolute Gasteiger partial charge is 0.497 e. The van der Waals surface area contributed by atoms with Gasteiger partial charge in [0.2, 0.25) is 0 Å². The number of hydrogen-bond acceptors (Lipinski definition) is 3. The van der Waals surface area contributed by atoms with E-state index in [0.717, 1.165) is 11.4 Å². The number of aromatic nitrogens is 1. The Labute approximate surface area is 117 Å². The summed E-state index contributed by atoms with van der Waals surface area (Å²) in [4.78, 5) is 14.9. The molecule has 2 aromatic rings. The Balaban J connectivity index is 1.83. The number of amides is 1. The number of rotatable bonds is 6. The molecule has 0 aliphatic carbocycles. The molecule has 2 rings (SSSR count). The van der Waals surface area contributed by atoms with Gasteiger partial charge in [0.25, 0.3) is 5.91 Å². The summed E-state index contributed by atoms with van der Waals surface area (Å²) >= 11 is 0. The zero-order valence-electron chi connectivity index (χ0n) is 11.6. The lowest BCUT2D eigenvalue weighted by atomic mass is 10.3. The quantitative estimate of drug-likeness (QED) is 0.848. The van der Waals surface area contributed by atoms with E-state index in [-0.39, 0.29) is 5.91 Å². The van der Waals surface area contributed by atoms with Crippen LogP contribution in [0.4, 0.5) is 0 Å². The smallest absolute Gasteiger partial charge is 0.261 e. The van der Waals surface area contributed by atoms with Crippen molar-refractivity contribution in [3.63, 3.8) is 0 Å². The zero-order chi connectivity index (χ0) is 14.4. The Morgan fingerprint density at radius 3 is 2.55 bits per heavy atom. The molecule has 0 radical (unpaired) electrons. The second-order valence-corrected chi connectivity index (χ2v) is 4.35. The van der Waals surface area contributed by atoms with Gasteiger partial charge in [0.15, 0.2) is 6.10 Å². The number of H-pyrrole nitrogens is 1. The molecule has 0 aliphatic heterocycles. The number of hydrogen-bond donors (Lipinski definition) is 2. The Kier molecular flexibility index (Phi) is 4.65. The maximum Gasteiger partial charge on any atom is 0.261 e. The van der Waals surface area contributed by atoms with E-state index in [1.54, 1.807) is 38.3 Å². The summed E-state index contributed by atoms with van der Waals surface area (Å²) < 4.78 is 10.6. The van der Waals surface area contributed by atoms with Gasteiger partial charge in [0.1, 0.15) is 11.5 Å². The molecule has 0 spiro atoms. The number of carbonyl (C=O) groups is 1. The van der Waals surface area contributed by atoms with Gasteiger partial charge in [-0.2, -0.15) is 0 Å². The Morgan fingerprint density at radius 2 is 1.95 bits per heavy atom. The monoisotopic (exact) mass is 274 g/mol. The van der Waals surface area contributed by atoms with Gasteiger partial charge in [0, 0.05) is 11.9 Å². The van der Waals surface area contributed by atoms with Gasteiger partial charge in [0.05, 0.1) is 13.7 Å². The lowest BCUT2D eigenvalue weighted by molar-refractivity contribution is -0.127. The minimum atomic E-state index is -0.557. The van der Waals surface area contributed by atoms with Gasteiger partial charge in [-0.05, 0) is 43.3 Å². The van der Waals surface area contributed by atoms with Gasteiger partial charge < -0.3 is 19.8 Å². The molecule has 0 fully saturated rings. The number of nitrogens with one attached hydrogen (secondary N) is 2. The number of aromatic amines is 1. The van der Waals surface area contributed by atoms with Crippen molar-refractivity contribution in [2.45, 2.75) is 19.6 Å². The summed E-state index contributed by atoms with van der Waals surface area (Å²) in [6.07, 6.45) is 1.26. The molecule has 20 heavy (non-hydrogen) atoms. The highest BCUT2D eigenvalue weighted by atomic mass is 16.5. The van der Waals surface area contributed by atoms with Crippen molar-refractivity contribution in [3.8, 4) is 11.5 Å². The molecule has 1 aromatic carbocycles. The minimum absolute atomic E-state index is 0.157. The van der Waals surface area contributed by atoms with Crippen molar-refractivity contribution in [1.29, 1.82) is 0 Å². The van der Waals surface area contributed by atoms with E-state index < -0.39 is 6.10 Å². The molecule has 106 valence electrons. The second-order valence-electron chi connectivity index (χ2n) is 4.35. The molecule has 5 heteroatoms. The van der Waals surface area contributed by atoms with E-state index in [9.17, 15) is 4.79 Å². The zero-order valence-corrected chi connectivity index (χ0v) is 11.6. The molecule has 1 aromatic heterocycles. The van der Waals surface area contributed by atoms with Crippen molar-refractivity contribution < 1.29 is 14.3 Å². The van der Waals surface area contributed by atoms with Crippen molar-refractivity contribution in [1.82, 2.24) is 10.3 Å². The van der Waals surface area contributed by atoms with Crippen LogP contribution in [0.5, 0.6) is 11.5 Å². The van der Waals surface area contributed by atoms with Gasteiger partial charge in [-0.3, -0.25) is 4.79 Å². The first-order valence-electron chi connectivity index (χ1n) is 6.39. The predicted octanol–water partition coefficient (Wildman–Crippen LogP) is 2.11. The molecule has 0 aliphatic rings. The van der Waals surface area contributed by atoms with Crippen molar-refractivity contribution in [3.05, 3.63) is 48.3 Å². The first-order valence-corrected chi connectivity index (χ1v) is 6.39. The van der Waals surface area contributed by atoms with Crippen LogP contribution in [0.15, 0.2) is 42.6 Å². The van der Waals surface area contributed by atoms with E-state index in [1.807, 2.05) is 18.3 Å². The van der Waals surface area contributed by atoms with Crippen LogP contribution < -0.4 is 14.8 Å². The highest BCUT2D eigenvalue weighted by Gasteiger charge is 2.14. The highest BCUT2D eigenvalue weighted by molar-refractivity contribution is 5.80. The fourth-order valence-electron chi connectivity index (χ4n) is 1.72. The molecule has 0 bridgehead atoms. The van der Waals surface area contributed by atoms with E-state index in [1.165, 1.54) is 0 Å². The number of methoxy groups -OCH3 is 1. The average Bonchev–Trinajstić information content (AvgIpc) is 2.98. The van der Waals surface area contributed by atoms with Gasteiger partial charge in [-0.25, -0.2) is 0 Å². The maximum absolute atomic E-state index is 11.9. The Hall–Kier alpha value is -2.43. The molecule has 1 atom stereocenters. The van der Waals surface area contributed by atoms with Crippen LogP contribution in [0.2, 0.25) is 0 Å². The first-order chi connectivity index (χ1) is 9.69. The van der Waals surface area contributed by atoms with Crippen LogP contribution in [0, 0.1) is 0 Å². The summed E-state index contributed by atoms with van der Waals surface area (Å²) in [6, 6.07) is 10.9. The maximum atomic E-state index is 11.9. The molecule has 1 heterocycles. The molecule has 0 unspecified atom stereocenters. The summed E-state index contributed by atoms with van der Waals surface area (Å²) in [5, 5.41) is 2.81. The fourth-order valence-corrected chi connectivity index (χ4v) is 1.72. The standard InChI is InChI=1S/C15H18N2O3/c1-11(15(18)17-10-12-4-3-9-16-12)20-14-7-5-13(19-2)6-8-14/h3-9,11,16H,10H2,1-2H3,(H,17,18)/t11-/m0/s1. The lowest BCUT2D eigenvalue weighted by Gasteiger charge is -2.14. The van der Waals surface area contributed by atoms with E-state index in [4.69, 9.17) is 9.47 Å². The fraction of sp³-hybridized carbons (Fsp3) is 0.267. The van der Waals surface area contributed by atoms with E-state index in [2.05, 4.69) is 10.3 Å². The van der Waals surface area contributed by atoms with Crippen LogP contribution in [0.3, 0.4) is 0 Å². The van der Waals surface area contributed by atoms with Crippen molar-refractivity contribution in [2.75, 3.05) is 7.11 Å². The van der Waals surface area contributed by atoms with Crippen LogP contribution >= 0.6 is 0 Å². The summed E-state index contributed by atoms with van der Waals surface area (Å²) in [5.74, 6) is 1.23. The predicted molar refractivity (Wildman–Crippen MR) is 75.7 cm³/mol. The molecular weight excluding hydrogens is 256 g/mol. The lowest BCUT2D eigenvalue weighted by Crippen LogP contribution is -2.35. The second kappa shape index (κ2) is 6.65. The van der Waals surface area contributed by atoms with Crippen LogP contribution in [-0.4, -0.2) is 24.1 Å². The highest BCUT2D eigenvalue weighted by Crippen LogP contribution is 2.18. The van der Waals surface area contributed by atoms with Crippen LogP contribution in [0.1, 0.15) is 12.6 Å². The van der Waals surface area contributed by atoms with Crippen molar-refractivity contribution >= 4 is 5.91 Å². The minimum Gasteiger partial charge on any atom is -0.497 e. The number of benzene rings is 1. The van der Waals surface area contributed by atoms with Gasteiger partial charge in [-0.1, -0.05) is 0 Å². The summed E-state index contributed by atoms with van der Waals surface area (Å²) in [7, 11) is 1.60. The normalized spacial score (nSPS) is 11.7. The molecule has 0 saturated carbocycles.